The maximum atomic E-state index is 13.0. The molecule has 10 heteroatoms. The Bertz CT molecular complexity index is 914. The number of alkyl halides is 3. The van der Waals surface area contributed by atoms with E-state index in [1.54, 1.807) is 6.92 Å². The zero-order valence-corrected chi connectivity index (χ0v) is 13.2. The third kappa shape index (κ3) is 3.84. The predicted molar refractivity (Wildman–Crippen MR) is 81.3 cm³/mol. The normalized spacial score (nSPS) is 12.0. The van der Waals surface area contributed by atoms with Gasteiger partial charge in [0.25, 0.3) is 0 Å². The Kier molecular flexibility index (Phi) is 4.26. The van der Waals surface area contributed by atoms with Gasteiger partial charge >= 0.3 is 6.18 Å². The second-order valence-electron chi connectivity index (χ2n) is 4.97. The quantitative estimate of drug-likeness (QED) is 0.718. The molecule has 3 rings (SSSR count). The SMILES string of the molecule is COc1cc(-c2ncn(C=Cc3nnc(C)o3)n2)cc(C(F)(F)F)c1. The van der Waals surface area contributed by atoms with Crippen LogP contribution < -0.4 is 4.74 Å². The van der Waals surface area contributed by atoms with Crippen molar-refractivity contribution >= 4 is 12.3 Å². The molecule has 0 saturated heterocycles. The Morgan fingerprint density at radius 1 is 1.20 bits per heavy atom. The van der Waals surface area contributed by atoms with Crippen LogP contribution >= 0.6 is 0 Å². The molecule has 0 atom stereocenters. The van der Waals surface area contributed by atoms with E-state index in [9.17, 15) is 13.2 Å². The van der Waals surface area contributed by atoms with Crippen LogP contribution in [0.4, 0.5) is 13.2 Å². The molecule has 1 aromatic carbocycles. The first-order chi connectivity index (χ1) is 11.8. The van der Waals surface area contributed by atoms with Gasteiger partial charge in [0.2, 0.25) is 11.8 Å². The van der Waals surface area contributed by atoms with E-state index >= 15 is 0 Å². The van der Waals surface area contributed by atoms with Gasteiger partial charge < -0.3 is 9.15 Å². The molecule has 0 fully saturated rings. The van der Waals surface area contributed by atoms with Crippen molar-refractivity contribution in [3.63, 3.8) is 0 Å². The third-order valence-corrected chi connectivity index (χ3v) is 3.15. The van der Waals surface area contributed by atoms with Crippen molar-refractivity contribution in [2.45, 2.75) is 13.1 Å². The zero-order chi connectivity index (χ0) is 18.0. The van der Waals surface area contributed by atoms with Crippen LogP contribution in [0.3, 0.4) is 0 Å². The lowest BCUT2D eigenvalue weighted by atomic mass is 10.1. The number of halogens is 3. The second kappa shape index (κ2) is 6.38. The predicted octanol–water partition coefficient (Wildman–Crippen LogP) is 3.29. The average Bonchev–Trinajstić information content (AvgIpc) is 3.20. The van der Waals surface area contributed by atoms with E-state index in [0.717, 1.165) is 12.1 Å². The van der Waals surface area contributed by atoms with Crippen LogP contribution in [0.5, 0.6) is 5.75 Å². The van der Waals surface area contributed by atoms with E-state index in [0.29, 0.717) is 5.89 Å². The van der Waals surface area contributed by atoms with Crippen molar-refractivity contribution in [3.8, 4) is 17.1 Å². The molecule has 0 aliphatic heterocycles. The summed E-state index contributed by atoms with van der Waals surface area (Å²) in [6.45, 7) is 1.65. The minimum absolute atomic E-state index is 0.0676. The van der Waals surface area contributed by atoms with E-state index < -0.39 is 11.7 Å². The Balaban J connectivity index is 1.90. The van der Waals surface area contributed by atoms with Gasteiger partial charge in [-0.15, -0.1) is 15.3 Å². The number of nitrogens with zero attached hydrogens (tertiary/aromatic N) is 5. The molecule has 0 saturated carbocycles. The molecule has 130 valence electrons. The van der Waals surface area contributed by atoms with Gasteiger partial charge in [-0.05, 0) is 18.2 Å². The van der Waals surface area contributed by atoms with E-state index in [2.05, 4.69) is 20.3 Å². The maximum absolute atomic E-state index is 13.0. The van der Waals surface area contributed by atoms with Crippen molar-refractivity contribution in [3.05, 3.63) is 41.9 Å². The highest BCUT2D eigenvalue weighted by Gasteiger charge is 2.31. The van der Waals surface area contributed by atoms with Crippen LogP contribution in [-0.4, -0.2) is 32.1 Å². The zero-order valence-electron chi connectivity index (χ0n) is 13.2. The van der Waals surface area contributed by atoms with Crippen LogP contribution in [-0.2, 0) is 6.18 Å². The first-order valence-electron chi connectivity index (χ1n) is 7.01. The van der Waals surface area contributed by atoms with Crippen molar-refractivity contribution in [1.82, 2.24) is 25.0 Å². The first kappa shape index (κ1) is 16.7. The van der Waals surface area contributed by atoms with Crippen LogP contribution in [0.2, 0.25) is 0 Å². The number of aryl methyl sites for hydroxylation is 1. The van der Waals surface area contributed by atoms with Gasteiger partial charge in [0.05, 0.1) is 12.7 Å². The lowest BCUT2D eigenvalue weighted by Crippen LogP contribution is -2.05. The molecule has 0 spiro atoms. The summed E-state index contributed by atoms with van der Waals surface area (Å²) in [6, 6.07) is 3.31. The minimum atomic E-state index is -4.50. The monoisotopic (exact) mass is 351 g/mol. The fraction of sp³-hybridized carbons (Fsp3) is 0.200. The molecular formula is C15H12F3N5O2. The lowest BCUT2D eigenvalue weighted by molar-refractivity contribution is -0.137. The van der Waals surface area contributed by atoms with Crippen LogP contribution in [0.15, 0.2) is 28.9 Å². The van der Waals surface area contributed by atoms with Gasteiger partial charge in [0.15, 0.2) is 5.82 Å². The fourth-order valence-corrected chi connectivity index (χ4v) is 2.01. The minimum Gasteiger partial charge on any atom is -0.497 e. The molecular weight excluding hydrogens is 339 g/mol. The van der Waals surface area contributed by atoms with Gasteiger partial charge in [0.1, 0.15) is 12.1 Å². The Hall–Kier alpha value is -3.17. The fourth-order valence-electron chi connectivity index (χ4n) is 2.01. The average molecular weight is 351 g/mol. The molecule has 0 aliphatic carbocycles. The van der Waals surface area contributed by atoms with Gasteiger partial charge in [-0.2, -0.15) is 13.2 Å². The molecule has 0 radical (unpaired) electrons. The molecule has 3 aromatic rings. The number of hydrogen-bond acceptors (Lipinski definition) is 6. The molecule has 0 unspecified atom stereocenters. The smallest absolute Gasteiger partial charge is 0.416 e. The summed E-state index contributed by atoms with van der Waals surface area (Å²) in [4.78, 5) is 4.01. The highest BCUT2D eigenvalue weighted by Crippen LogP contribution is 2.34. The molecule has 25 heavy (non-hydrogen) atoms. The molecule has 0 aliphatic rings. The molecule has 7 nitrogen and oxygen atoms in total. The van der Waals surface area contributed by atoms with Gasteiger partial charge in [-0.25, -0.2) is 9.67 Å². The highest BCUT2D eigenvalue weighted by atomic mass is 19.4. The van der Waals surface area contributed by atoms with Crippen LogP contribution in [0, 0.1) is 6.92 Å². The Morgan fingerprint density at radius 2 is 2.00 bits per heavy atom. The van der Waals surface area contributed by atoms with E-state index in [1.807, 2.05) is 0 Å². The number of hydrogen-bond donors (Lipinski definition) is 0. The standard InChI is InChI=1S/C15H12F3N5O2/c1-9-20-21-13(25-9)3-4-23-8-19-14(22-23)10-5-11(15(16,17)18)7-12(6-10)24-2/h3-8H,1-2H3. The number of benzene rings is 1. The first-order valence-corrected chi connectivity index (χ1v) is 7.01. The van der Waals surface area contributed by atoms with E-state index in [1.165, 1.54) is 36.5 Å². The lowest BCUT2D eigenvalue weighted by Gasteiger charge is -2.10. The van der Waals surface area contributed by atoms with Gasteiger partial charge in [-0.1, -0.05) is 0 Å². The van der Waals surface area contributed by atoms with Gasteiger partial charge in [0, 0.05) is 24.8 Å². The third-order valence-electron chi connectivity index (χ3n) is 3.15. The molecule has 0 amide bonds. The Morgan fingerprint density at radius 3 is 2.64 bits per heavy atom. The van der Waals surface area contributed by atoms with Crippen molar-refractivity contribution < 1.29 is 22.3 Å². The number of methoxy groups -OCH3 is 1. The largest absolute Gasteiger partial charge is 0.497 e. The maximum Gasteiger partial charge on any atom is 0.416 e. The molecule has 2 heterocycles. The summed E-state index contributed by atoms with van der Waals surface area (Å²) in [5, 5.41) is 11.6. The topological polar surface area (TPSA) is 78.9 Å². The summed E-state index contributed by atoms with van der Waals surface area (Å²) in [7, 11) is 1.29. The Labute approximate surface area is 139 Å². The number of rotatable bonds is 4. The number of ether oxygens (including phenoxy) is 1. The van der Waals surface area contributed by atoms with Crippen molar-refractivity contribution in [2.75, 3.05) is 7.11 Å². The van der Waals surface area contributed by atoms with E-state index in [-0.39, 0.29) is 23.0 Å². The number of aromatic nitrogens is 5. The van der Waals surface area contributed by atoms with E-state index in [4.69, 9.17) is 9.15 Å². The summed E-state index contributed by atoms with van der Waals surface area (Å²) < 4.78 is 50.4. The molecule has 2 aromatic heterocycles. The van der Waals surface area contributed by atoms with Crippen LogP contribution in [0.1, 0.15) is 17.3 Å². The van der Waals surface area contributed by atoms with Crippen LogP contribution in [0.25, 0.3) is 23.7 Å². The second-order valence-corrected chi connectivity index (χ2v) is 4.97. The summed E-state index contributed by atoms with van der Waals surface area (Å²) in [6.07, 6.45) is -0.150. The summed E-state index contributed by atoms with van der Waals surface area (Å²) in [5.74, 6) is 0.874. The molecule has 0 bridgehead atoms. The van der Waals surface area contributed by atoms with Gasteiger partial charge in [-0.3, -0.25) is 0 Å². The summed E-state index contributed by atoms with van der Waals surface area (Å²) in [5.41, 5.74) is -0.650. The van der Waals surface area contributed by atoms with Crippen molar-refractivity contribution in [2.24, 2.45) is 0 Å². The van der Waals surface area contributed by atoms with Crippen molar-refractivity contribution in [1.29, 1.82) is 0 Å². The summed E-state index contributed by atoms with van der Waals surface area (Å²) >= 11 is 0. The highest BCUT2D eigenvalue weighted by molar-refractivity contribution is 5.60. The molecule has 0 N–H and O–H groups in total.